The first kappa shape index (κ1) is 14.0. The average Bonchev–Trinajstić information content (AvgIpc) is 2.09. The van der Waals surface area contributed by atoms with Crippen LogP contribution in [-0.4, -0.2) is 22.5 Å². The summed E-state index contributed by atoms with van der Waals surface area (Å²) in [6, 6.07) is 0. The zero-order chi connectivity index (χ0) is 13.1. The van der Waals surface area contributed by atoms with Crippen LogP contribution >= 0.6 is 0 Å². The van der Waals surface area contributed by atoms with E-state index in [2.05, 4.69) is 0 Å². The van der Waals surface area contributed by atoms with Crippen LogP contribution in [0.2, 0.25) is 0 Å². The second kappa shape index (κ2) is 5.08. The second-order valence-electron chi connectivity index (χ2n) is 5.27. The molecule has 1 aliphatic rings. The molecular weight excluding hydrogens is 220 g/mol. The van der Waals surface area contributed by atoms with Gasteiger partial charge in [-0.3, -0.25) is 4.79 Å². The fourth-order valence-electron chi connectivity index (χ4n) is 2.05. The molecule has 98 valence electrons. The second-order valence-corrected chi connectivity index (χ2v) is 5.27. The summed E-state index contributed by atoms with van der Waals surface area (Å²) in [5.41, 5.74) is -0.529. The van der Waals surface area contributed by atoms with Crippen molar-refractivity contribution in [3.63, 3.8) is 0 Å². The van der Waals surface area contributed by atoms with Crippen LogP contribution in [0, 0.1) is 0 Å². The van der Waals surface area contributed by atoms with Crippen molar-refractivity contribution in [2.45, 2.75) is 64.8 Å². The fourth-order valence-corrected chi connectivity index (χ4v) is 2.05. The Labute approximate surface area is 103 Å². The Balaban J connectivity index is 2.67. The molecule has 0 amide bonds. The van der Waals surface area contributed by atoms with Crippen LogP contribution in [0.25, 0.3) is 0 Å². The summed E-state index contributed by atoms with van der Waals surface area (Å²) in [7, 11) is 0. The van der Waals surface area contributed by atoms with Gasteiger partial charge in [0.05, 0.1) is 11.4 Å². The van der Waals surface area contributed by atoms with Crippen molar-refractivity contribution in [3.05, 3.63) is 11.8 Å². The molecule has 4 nitrogen and oxygen atoms in total. The zero-order valence-corrected chi connectivity index (χ0v) is 11.1. The average molecular weight is 242 g/mol. The van der Waals surface area contributed by atoms with Crippen molar-refractivity contribution in [1.29, 1.82) is 0 Å². The zero-order valence-electron chi connectivity index (χ0n) is 11.1. The van der Waals surface area contributed by atoms with E-state index in [1.807, 2.05) is 20.8 Å². The van der Waals surface area contributed by atoms with Crippen LogP contribution in [0.1, 0.15) is 53.4 Å². The summed E-state index contributed by atoms with van der Waals surface area (Å²) in [4.78, 5) is 11.6. The fraction of sp³-hybridized carbons (Fsp3) is 0.769. The van der Waals surface area contributed by atoms with E-state index in [9.17, 15) is 9.90 Å². The monoisotopic (exact) mass is 242 g/mol. The Kier molecular flexibility index (Phi) is 4.20. The summed E-state index contributed by atoms with van der Waals surface area (Å²) in [5, 5.41) is 9.66. The number of hydrogen-bond acceptors (Lipinski definition) is 4. The third kappa shape index (κ3) is 4.38. The molecule has 0 bridgehead atoms. The van der Waals surface area contributed by atoms with E-state index in [1.54, 1.807) is 6.92 Å². The van der Waals surface area contributed by atoms with Crippen molar-refractivity contribution in [2.75, 3.05) is 0 Å². The first-order valence-corrected chi connectivity index (χ1v) is 6.09. The molecule has 0 fully saturated rings. The van der Waals surface area contributed by atoms with E-state index in [0.717, 1.165) is 12.8 Å². The maximum absolute atomic E-state index is 11.6. The van der Waals surface area contributed by atoms with Crippen molar-refractivity contribution in [1.82, 2.24) is 0 Å². The maximum Gasteiger partial charge on any atom is 0.308 e. The number of hydrogen-bond donors (Lipinski definition) is 1. The van der Waals surface area contributed by atoms with Crippen LogP contribution in [0.4, 0.5) is 0 Å². The van der Waals surface area contributed by atoms with Crippen molar-refractivity contribution in [2.24, 2.45) is 0 Å². The number of esters is 1. The summed E-state index contributed by atoms with van der Waals surface area (Å²) < 4.78 is 11.0. The van der Waals surface area contributed by atoms with Gasteiger partial charge in [-0.05, 0) is 20.3 Å². The number of ether oxygens (including phenoxy) is 2. The predicted molar refractivity (Wildman–Crippen MR) is 64.5 cm³/mol. The smallest absolute Gasteiger partial charge is 0.308 e. The van der Waals surface area contributed by atoms with E-state index in [0.29, 0.717) is 12.8 Å². The van der Waals surface area contributed by atoms with Gasteiger partial charge in [0.2, 0.25) is 5.79 Å². The summed E-state index contributed by atoms with van der Waals surface area (Å²) in [6.45, 7) is 7.37. The van der Waals surface area contributed by atoms with Gasteiger partial charge in [0, 0.05) is 25.8 Å². The number of unbranched alkanes of at least 4 members (excludes halogenated alkanes) is 1. The first-order chi connectivity index (χ1) is 7.76. The molecule has 0 aromatic carbocycles. The number of carbonyl (C=O) groups is 1. The summed E-state index contributed by atoms with van der Waals surface area (Å²) in [6.07, 6.45) is 4.01. The summed E-state index contributed by atoms with van der Waals surface area (Å²) >= 11 is 0. The molecule has 1 atom stereocenters. The van der Waals surface area contributed by atoms with Crippen LogP contribution < -0.4 is 0 Å². The van der Waals surface area contributed by atoms with Crippen LogP contribution in [0.15, 0.2) is 11.8 Å². The van der Waals surface area contributed by atoms with Crippen molar-refractivity contribution < 1.29 is 19.4 Å². The quantitative estimate of drug-likeness (QED) is 0.770. The molecule has 1 rings (SSSR count). The molecule has 0 saturated heterocycles. The SMILES string of the molecule is CCCCC(=O)OC1(C)C=C(O)CC(C)(C)O1. The highest BCUT2D eigenvalue weighted by molar-refractivity contribution is 5.69. The Morgan fingerprint density at radius 3 is 2.71 bits per heavy atom. The number of rotatable bonds is 4. The highest BCUT2D eigenvalue weighted by Gasteiger charge is 2.39. The lowest BCUT2D eigenvalue weighted by Gasteiger charge is -2.39. The van der Waals surface area contributed by atoms with Gasteiger partial charge in [0.15, 0.2) is 0 Å². The minimum Gasteiger partial charge on any atom is -0.512 e. The van der Waals surface area contributed by atoms with E-state index in [4.69, 9.17) is 9.47 Å². The van der Waals surface area contributed by atoms with Crippen molar-refractivity contribution in [3.8, 4) is 0 Å². The van der Waals surface area contributed by atoms with Crippen molar-refractivity contribution >= 4 is 5.97 Å². The van der Waals surface area contributed by atoms with Crippen LogP contribution in [0.5, 0.6) is 0 Å². The number of aliphatic hydroxyl groups excluding tert-OH is 1. The molecule has 0 saturated carbocycles. The first-order valence-electron chi connectivity index (χ1n) is 6.09. The Morgan fingerprint density at radius 1 is 1.53 bits per heavy atom. The molecular formula is C13H22O4. The maximum atomic E-state index is 11.6. The lowest BCUT2D eigenvalue weighted by Crippen LogP contribution is -2.45. The topological polar surface area (TPSA) is 55.8 Å². The molecule has 0 aromatic rings. The molecule has 1 unspecified atom stereocenters. The van der Waals surface area contributed by atoms with Crippen LogP contribution in [0.3, 0.4) is 0 Å². The standard InChI is InChI=1S/C13H22O4/c1-5-6-7-11(15)16-13(4)9-10(14)8-12(2,3)17-13/h9,14H,5-8H2,1-4H3. The molecule has 4 heteroatoms. The van der Waals surface area contributed by atoms with E-state index >= 15 is 0 Å². The lowest BCUT2D eigenvalue weighted by molar-refractivity contribution is -0.246. The third-order valence-corrected chi connectivity index (χ3v) is 2.57. The van der Waals surface area contributed by atoms with Crippen LogP contribution in [-0.2, 0) is 14.3 Å². The highest BCUT2D eigenvalue weighted by atomic mass is 16.7. The van der Waals surface area contributed by atoms with E-state index < -0.39 is 11.4 Å². The van der Waals surface area contributed by atoms with Gasteiger partial charge in [0.25, 0.3) is 0 Å². The van der Waals surface area contributed by atoms with Gasteiger partial charge in [-0.2, -0.15) is 0 Å². The van der Waals surface area contributed by atoms with E-state index in [-0.39, 0.29) is 11.7 Å². The molecule has 0 spiro atoms. The molecule has 1 aliphatic heterocycles. The van der Waals surface area contributed by atoms with Gasteiger partial charge in [0.1, 0.15) is 0 Å². The van der Waals surface area contributed by atoms with E-state index in [1.165, 1.54) is 6.08 Å². The molecule has 1 heterocycles. The summed E-state index contributed by atoms with van der Waals surface area (Å²) in [5.74, 6) is -1.25. The minimum absolute atomic E-state index is 0.201. The number of aliphatic hydroxyl groups is 1. The number of carbonyl (C=O) groups excluding carboxylic acids is 1. The lowest BCUT2D eigenvalue weighted by atomic mass is 9.98. The predicted octanol–water partition coefficient (Wildman–Crippen LogP) is 3.08. The molecule has 17 heavy (non-hydrogen) atoms. The molecule has 0 aliphatic carbocycles. The van der Waals surface area contributed by atoms with Gasteiger partial charge in [-0.15, -0.1) is 0 Å². The normalized spacial score (nSPS) is 27.4. The third-order valence-electron chi connectivity index (χ3n) is 2.57. The van der Waals surface area contributed by atoms with Gasteiger partial charge < -0.3 is 14.6 Å². The Bertz CT molecular complexity index is 319. The molecule has 1 N–H and O–H groups in total. The van der Waals surface area contributed by atoms with Gasteiger partial charge >= 0.3 is 5.97 Å². The minimum atomic E-state index is -1.16. The van der Waals surface area contributed by atoms with Gasteiger partial charge in [-0.25, -0.2) is 0 Å². The largest absolute Gasteiger partial charge is 0.512 e. The molecule has 0 aromatic heterocycles. The molecule has 0 radical (unpaired) electrons. The Hall–Kier alpha value is -1.03. The van der Waals surface area contributed by atoms with Gasteiger partial charge in [-0.1, -0.05) is 13.3 Å². The Morgan fingerprint density at radius 2 is 2.18 bits per heavy atom. The highest BCUT2D eigenvalue weighted by Crippen LogP contribution is 2.34.